The molecule has 2 aromatic heterocycles. The number of fused-ring (bicyclic) bond motifs is 1. The van der Waals surface area contributed by atoms with Crippen molar-refractivity contribution in [2.75, 3.05) is 6.26 Å². The van der Waals surface area contributed by atoms with Crippen molar-refractivity contribution in [3.8, 4) is 22.7 Å². The number of hydrogen-bond donors (Lipinski definition) is 0. The highest BCUT2D eigenvalue weighted by atomic mass is 32.2. The standard InChI is InChI=1S/C37H36N4O4S2/c1-22(2)44-29-16-12-25(13-17-29)33-27(21-40(39-33)28-10-8-7-9-11-28)20-31-35(42)41-34(26-14-18-30(46-6)19-15-26)32(36(43)45-23(3)4)24(5)38-37(41)47-31/h7-23,34H,1-6H3. The number of hydrogen-bond acceptors (Lipinski definition) is 8. The van der Waals surface area contributed by atoms with E-state index in [1.165, 1.54) is 11.3 Å². The average molecular weight is 665 g/mol. The number of para-hydroxylation sites is 1. The fourth-order valence-electron chi connectivity index (χ4n) is 5.50. The van der Waals surface area contributed by atoms with Crippen LogP contribution in [0, 0.1) is 0 Å². The molecule has 0 aliphatic carbocycles. The highest BCUT2D eigenvalue weighted by molar-refractivity contribution is 7.98. The fraction of sp³-hybridized carbons (Fsp3) is 0.243. The Labute approximate surface area is 281 Å². The monoisotopic (exact) mass is 664 g/mol. The minimum Gasteiger partial charge on any atom is -0.491 e. The molecule has 3 aromatic carbocycles. The molecule has 0 fully saturated rings. The van der Waals surface area contributed by atoms with Gasteiger partial charge in [-0.1, -0.05) is 41.7 Å². The van der Waals surface area contributed by atoms with Crippen LogP contribution in [0.5, 0.6) is 5.75 Å². The summed E-state index contributed by atoms with van der Waals surface area (Å²) in [5, 5.41) is 4.95. The van der Waals surface area contributed by atoms with Gasteiger partial charge < -0.3 is 9.47 Å². The highest BCUT2D eigenvalue weighted by Gasteiger charge is 2.34. The van der Waals surface area contributed by atoms with Gasteiger partial charge in [0, 0.05) is 22.2 Å². The second-order valence-electron chi connectivity index (χ2n) is 11.7. The molecular formula is C37H36N4O4S2. The fourth-order valence-corrected chi connectivity index (χ4v) is 6.94. The molecule has 0 spiro atoms. The third kappa shape index (κ3) is 6.75. The van der Waals surface area contributed by atoms with Gasteiger partial charge in [-0.15, -0.1) is 11.8 Å². The lowest BCUT2D eigenvalue weighted by molar-refractivity contribution is -0.143. The van der Waals surface area contributed by atoms with Crippen LogP contribution in [-0.4, -0.2) is 38.8 Å². The summed E-state index contributed by atoms with van der Waals surface area (Å²) in [4.78, 5) is 34.2. The third-order valence-electron chi connectivity index (χ3n) is 7.57. The molecule has 6 rings (SSSR count). The highest BCUT2D eigenvalue weighted by Crippen LogP contribution is 2.32. The van der Waals surface area contributed by atoms with E-state index in [1.807, 2.05) is 130 Å². The summed E-state index contributed by atoms with van der Waals surface area (Å²) in [5.74, 6) is 0.291. The summed E-state index contributed by atoms with van der Waals surface area (Å²) >= 11 is 2.92. The maximum Gasteiger partial charge on any atom is 0.338 e. The molecule has 0 radical (unpaired) electrons. The zero-order chi connectivity index (χ0) is 33.2. The van der Waals surface area contributed by atoms with Crippen molar-refractivity contribution < 1.29 is 14.3 Å². The Balaban J connectivity index is 1.52. The number of carbonyl (C=O) groups excluding carboxylic acids is 1. The maximum absolute atomic E-state index is 14.4. The normalized spacial score (nSPS) is 14.8. The predicted molar refractivity (Wildman–Crippen MR) is 188 cm³/mol. The zero-order valence-electron chi connectivity index (χ0n) is 27.1. The number of thioether (sulfide) groups is 1. The molecule has 0 saturated carbocycles. The lowest BCUT2D eigenvalue weighted by Crippen LogP contribution is -2.40. The van der Waals surface area contributed by atoms with Crippen molar-refractivity contribution in [1.29, 1.82) is 0 Å². The largest absolute Gasteiger partial charge is 0.491 e. The molecule has 1 atom stereocenters. The number of carbonyl (C=O) groups is 1. The maximum atomic E-state index is 14.4. The Kier molecular flexibility index (Phi) is 9.33. The van der Waals surface area contributed by atoms with Crippen LogP contribution in [0.15, 0.2) is 111 Å². The van der Waals surface area contributed by atoms with Gasteiger partial charge in [-0.3, -0.25) is 9.36 Å². The molecule has 0 bridgehead atoms. The summed E-state index contributed by atoms with van der Waals surface area (Å²) in [6.45, 7) is 9.40. The SMILES string of the molecule is CSc1ccc(C2C(C(=O)OC(C)C)=C(C)N=c3sc(=Cc4cn(-c5ccccc5)nc4-c4ccc(OC(C)C)cc4)c(=O)n32)cc1. The quantitative estimate of drug-likeness (QED) is 0.131. The Hall–Kier alpha value is -4.67. The Bertz CT molecular complexity index is 2130. The van der Waals surface area contributed by atoms with Gasteiger partial charge >= 0.3 is 5.97 Å². The molecule has 240 valence electrons. The van der Waals surface area contributed by atoms with Gasteiger partial charge in [0.05, 0.1) is 39.7 Å². The first-order valence-corrected chi connectivity index (χ1v) is 17.5. The van der Waals surface area contributed by atoms with E-state index in [4.69, 9.17) is 19.6 Å². The molecule has 47 heavy (non-hydrogen) atoms. The van der Waals surface area contributed by atoms with Crippen molar-refractivity contribution in [3.63, 3.8) is 0 Å². The summed E-state index contributed by atoms with van der Waals surface area (Å²) in [5.41, 5.74) is 4.73. The van der Waals surface area contributed by atoms with Crippen LogP contribution >= 0.6 is 23.1 Å². The first-order valence-electron chi connectivity index (χ1n) is 15.4. The zero-order valence-corrected chi connectivity index (χ0v) is 28.8. The van der Waals surface area contributed by atoms with Crippen LogP contribution in [-0.2, 0) is 9.53 Å². The minimum absolute atomic E-state index is 0.0588. The smallest absolute Gasteiger partial charge is 0.338 e. The van der Waals surface area contributed by atoms with E-state index in [2.05, 4.69) is 0 Å². The molecule has 1 unspecified atom stereocenters. The van der Waals surface area contributed by atoms with Crippen LogP contribution in [0.25, 0.3) is 23.0 Å². The Morgan fingerprint density at radius 3 is 2.30 bits per heavy atom. The summed E-state index contributed by atoms with van der Waals surface area (Å²) in [6.07, 6.45) is 5.54. The molecule has 5 aromatic rings. The first kappa shape index (κ1) is 32.3. The van der Waals surface area contributed by atoms with E-state index in [-0.39, 0.29) is 17.8 Å². The van der Waals surface area contributed by atoms with Crippen LogP contribution in [0.2, 0.25) is 0 Å². The molecule has 0 amide bonds. The molecule has 1 aliphatic heterocycles. The number of nitrogens with zero attached hydrogens (tertiary/aromatic N) is 4. The van der Waals surface area contributed by atoms with Gasteiger partial charge in [-0.2, -0.15) is 5.10 Å². The van der Waals surface area contributed by atoms with Gasteiger partial charge in [-0.05, 0) is 101 Å². The molecular weight excluding hydrogens is 629 g/mol. The average Bonchev–Trinajstić information content (AvgIpc) is 3.61. The molecule has 3 heterocycles. The van der Waals surface area contributed by atoms with Crippen molar-refractivity contribution >= 4 is 35.1 Å². The lowest BCUT2D eigenvalue weighted by Gasteiger charge is -2.25. The second-order valence-corrected chi connectivity index (χ2v) is 13.6. The number of allylic oxidation sites excluding steroid dienone is 1. The van der Waals surface area contributed by atoms with Crippen LogP contribution in [0.4, 0.5) is 0 Å². The minimum atomic E-state index is -0.685. The topological polar surface area (TPSA) is 87.7 Å². The second kappa shape index (κ2) is 13.6. The van der Waals surface area contributed by atoms with E-state index >= 15 is 0 Å². The number of esters is 1. The van der Waals surface area contributed by atoms with Gasteiger partial charge in [0.2, 0.25) is 0 Å². The number of thiazole rings is 1. The lowest BCUT2D eigenvalue weighted by atomic mass is 9.96. The van der Waals surface area contributed by atoms with E-state index < -0.39 is 12.0 Å². The van der Waals surface area contributed by atoms with Crippen molar-refractivity contribution in [1.82, 2.24) is 14.3 Å². The summed E-state index contributed by atoms with van der Waals surface area (Å²) in [6, 6.07) is 24.9. The van der Waals surface area contributed by atoms with E-state index in [0.29, 0.717) is 20.6 Å². The Morgan fingerprint density at radius 1 is 0.957 bits per heavy atom. The van der Waals surface area contributed by atoms with Crippen LogP contribution in [0.3, 0.4) is 0 Å². The summed E-state index contributed by atoms with van der Waals surface area (Å²) < 4.78 is 15.4. The summed E-state index contributed by atoms with van der Waals surface area (Å²) in [7, 11) is 0. The van der Waals surface area contributed by atoms with Crippen molar-refractivity contribution in [2.24, 2.45) is 4.99 Å². The number of aromatic nitrogens is 3. The molecule has 8 nitrogen and oxygen atoms in total. The van der Waals surface area contributed by atoms with Gasteiger partial charge in [0.1, 0.15) is 11.4 Å². The van der Waals surface area contributed by atoms with Gasteiger partial charge in [-0.25, -0.2) is 14.5 Å². The number of ether oxygens (including phenoxy) is 2. The molecule has 1 aliphatic rings. The predicted octanol–water partition coefficient (Wildman–Crippen LogP) is 6.55. The third-order valence-corrected chi connectivity index (χ3v) is 9.29. The first-order chi connectivity index (χ1) is 22.6. The number of benzene rings is 3. The van der Waals surface area contributed by atoms with Crippen molar-refractivity contribution in [2.45, 2.75) is 57.8 Å². The van der Waals surface area contributed by atoms with E-state index in [0.717, 1.165) is 38.7 Å². The Morgan fingerprint density at radius 2 is 1.66 bits per heavy atom. The van der Waals surface area contributed by atoms with Gasteiger partial charge in [0.15, 0.2) is 4.80 Å². The van der Waals surface area contributed by atoms with Crippen molar-refractivity contribution in [3.05, 3.63) is 127 Å². The molecule has 0 saturated heterocycles. The van der Waals surface area contributed by atoms with Crippen LogP contribution in [0.1, 0.15) is 51.8 Å². The van der Waals surface area contributed by atoms with E-state index in [9.17, 15) is 9.59 Å². The van der Waals surface area contributed by atoms with Gasteiger partial charge in [0.25, 0.3) is 5.56 Å². The molecule has 10 heteroatoms. The molecule has 0 N–H and O–H groups in total. The van der Waals surface area contributed by atoms with E-state index in [1.54, 1.807) is 23.3 Å². The van der Waals surface area contributed by atoms with Crippen LogP contribution < -0.4 is 19.6 Å². The number of rotatable bonds is 9.